The first-order valence-corrected chi connectivity index (χ1v) is 5.66. The second-order valence-corrected chi connectivity index (χ2v) is 3.96. The Morgan fingerprint density at radius 2 is 2.05 bits per heavy atom. The van der Waals surface area contributed by atoms with E-state index in [1.54, 1.807) is 0 Å². The van der Waals surface area contributed by atoms with Gasteiger partial charge in [-0.1, -0.05) is 0 Å². The number of aromatic carboxylic acids is 1. The van der Waals surface area contributed by atoms with Crippen LogP contribution >= 0.6 is 0 Å². The van der Waals surface area contributed by atoms with Crippen molar-refractivity contribution >= 4 is 5.97 Å². The summed E-state index contributed by atoms with van der Waals surface area (Å²) in [6.45, 7) is -1.42. The normalized spacial score (nSPS) is 11.6. The zero-order valence-electron chi connectivity index (χ0n) is 10.3. The van der Waals surface area contributed by atoms with Gasteiger partial charge in [-0.05, 0) is 18.2 Å². The number of nitrogens with one attached hydrogen (secondary N) is 1. The lowest BCUT2D eigenvalue weighted by Gasteiger charge is -2.09. The van der Waals surface area contributed by atoms with Crippen LogP contribution in [0, 0.1) is 5.82 Å². The molecule has 0 atom stereocenters. The highest BCUT2D eigenvalue weighted by Crippen LogP contribution is 2.14. The predicted octanol–water partition coefficient (Wildman–Crippen LogP) is 2.19. The van der Waals surface area contributed by atoms with Crippen molar-refractivity contribution in [1.29, 1.82) is 0 Å². The van der Waals surface area contributed by atoms with E-state index in [0.717, 1.165) is 12.1 Å². The average Bonchev–Trinajstić information content (AvgIpc) is 2.34. The molecular weight excluding hydrogens is 282 g/mol. The summed E-state index contributed by atoms with van der Waals surface area (Å²) in [5, 5.41) is 11.4. The van der Waals surface area contributed by atoms with Crippen molar-refractivity contribution in [3.05, 3.63) is 35.1 Å². The molecule has 4 nitrogen and oxygen atoms in total. The van der Waals surface area contributed by atoms with Crippen molar-refractivity contribution in [2.24, 2.45) is 0 Å². The predicted molar refractivity (Wildman–Crippen MR) is 61.9 cm³/mol. The number of benzene rings is 1. The molecule has 0 aliphatic rings. The molecule has 0 heterocycles. The van der Waals surface area contributed by atoms with Crippen molar-refractivity contribution < 1.29 is 32.2 Å². The van der Waals surface area contributed by atoms with Gasteiger partial charge in [0.25, 0.3) is 0 Å². The van der Waals surface area contributed by atoms with Gasteiger partial charge in [-0.15, -0.1) is 0 Å². The van der Waals surface area contributed by atoms with Crippen molar-refractivity contribution in [2.45, 2.75) is 12.7 Å². The molecular formula is C12H13F4NO3. The molecule has 8 heteroatoms. The zero-order valence-corrected chi connectivity index (χ0v) is 10.3. The number of carboxylic acids is 1. The second-order valence-electron chi connectivity index (χ2n) is 3.96. The summed E-state index contributed by atoms with van der Waals surface area (Å²) in [5.74, 6) is -1.77. The fraction of sp³-hybridized carbons (Fsp3) is 0.417. The Hall–Kier alpha value is -1.67. The molecule has 1 aromatic carbocycles. The summed E-state index contributed by atoms with van der Waals surface area (Å²) in [5.41, 5.74) is 0.0669. The van der Waals surface area contributed by atoms with Crippen molar-refractivity contribution in [2.75, 3.05) is 19.8 Å². The fourth-order valence-corrected chi connectivity index (χ4v) is 1.40. The average molecular weight is 295 g/mol. The molecule has 0 unspecified atom stereocenters. The molecule has 0 amide bonds. The van der Waals surface area contributed by atoms with Gasteiger partial charge in [-0.2, -0.15) is 13.2 Å². The summed E-state index contributed by atoms with van der Waals surface area (Å²) in [6, 6.07) is 3.33. The molecule has 1 rings (SSSR count). The van der Waals surface area contributed by atoms with E-state index in [0.29, 0.717) is 0 Å². The topological polar surface area (TPSA) is 58.6 Å². The summed E-state index contributed by atoms with van der Waals surface area (Å²) >= 11 is 0. The summed E-state index contributed by atoms with van der Waals surface area (Å²) < 4.78 is 53.0. The van der Waals surface area contributed by atoms with Crippen LogP contribution < -0.4 is 5.32 Å². The number of halogens is 4. The maximum absolute atomic E-state index is 13.4. The molecule has 0 aliphatic heterocycles. The van der Waals surface area contributed by atoms with Crippen LogP contribution in [0.5, 0.6) is 0 Å². The smallest absolute Gasteiger partial charge is 0.411 e. The van der Waals surface area contributed by atoms with Crippen LogP contribution in [0.4, 0.5) is 17.6 Å². The summed E-state index contributed by atoms with van der Waals surface area (Å²) in [7, 11) is 0. The lowest BCUT2D eigenvalue weighted by molar-refractivity contribution is -0.173. The van der Waals surface area contributed by atoms with E-state index in [9.17, 15) is 22.4 Å². The lowest BCUT2D eigenvalue weighted by atomic mass is 10.1. The highest BCUT2D eigenvalue weighted by molar-refractivity contribution is 5.87. The fourth-order valence-electron chi connectivity index (χ4n) is 1.40. The standard InChI is InChI=1S/C12H13F4NO3/c13-10-2-1-8(11(18)19)5-9(10)6-17-3-4-20-7-12(14,15)16/h1-2,5,17H,3-4,6-7H2,(H,18,19). The minimum absolute atomic E-state index is 0.00231. The minimum Gasteiger partial charge on any atom is -0.478 e. The molecule has 0 saturated heterocycles. The SMILES string of the molecule is O=C(O)c1ccc(F)c(CNCCOCC(F)(F)F)c1. The van der Waals surface area contributed by atoms with Gasteiger partial charge in [0.15, 0.2) is 0 Å². The third-order valence-electron chi connectivity index (χ3n) is 2.30. The third kappa shape index (κ3) is 5.98. The number of carboxylic acid groups (broad SMARTS) is 1. The quantitative estimate of drug-likeness (QED) is 0.598. The summed E-state index contributed by atoms with van der Waals surface area (Å²) in [6.07, 6.45) is -4.37. The molecule has 0 radical (unpaired) electrons. The first-order valence-electron chi connectivity index (χ1n) is 5.66. The molecule has 0 aromatic heterocycles. The van der Waals surface area contributed by atoms with E-state index in [1.807, 2.05) is 0 Å². The van der Waals surface area contributed by atoms with Gasteiger partial charge in [-0.3, -0.25) is 0 Å². The summed E-state index contributed by atoms with van der Waals surface area (Å²) in [4.78, 5) is 10.7. The van der Waals surface area contributed by atoms with Gasteiger partial charge >= 0.3 is 12.1 Å². The van der Waals surface area contributed by atoms with Crippen LogP contribution in [-0.2, 0) is 11.3 Å². The highest BCUT2D eigenvalue weighted by Gasteiger charge is 2.27. The Labute approximate surface area is 112 Å². The van der Waals surface area contributed by atoms with Gasteiger partial charge in [0.2, 0.25) is 0 Å². The monoisotopic (exact) mass is 295 g/mol. The molecule has 0 fully saturated rings. The Kier molecular flexibility index (Phi) is 5.90. The minimum atomic E-state index is -4.37. The van der Waals surface area contributed by atoms with E-state index >= 15 is 0 Å². The molecule has 112 valence electrons. The molecule has 0 aliphatic carbocycles. The van der Waals surface area contributed by atoms with Gasteiger partial charge in [0.1, 0.15) is 12.4 Å². The first-order chi connectivity index (χ1) is 9.29. The van der Waals surface area contributed by atoms with Gasteiger partial charge in [-0.25, -0.2) is 9.18 Å². The van der Waals surface area contributed by atoms with Gasteiger partial charge in [0, 0.05) is 18.7 Å². The number of carbonyl (C=O) groups is 1. The Morgan fingerprint density at radius 1 is 1.35 bits per heavy atom. The van der Waals surface area contributed by atoms with Crippen LogP contribution in [0.3, 0.4) is 0 Å². The Bertz CT molecular complexity index is 463. The maximum atomic E-state index is 13.4. The van der Waals surface area contributed by atoms with Crippen molar-refractivity contribution in [3.63, 3.8) is 0 Å². The number of hydrogen-bond acceptors (Lipinski definition) is 3. The van der Waals surface area contributed by atoms with Crippen molar-refractivity contribution in [3.8, 4) is 0 Å². The van der Waals surface area contributed by atoms with Crippen LogP contribution in [0.15, 0.2) is 18.2 Å². The molecule has 2 N–H and O–H groups in total. The second kappa shape index (κ2) is 7.20. The molecule has 0 spiro atoms. The van der Waals surface area contributed by atoms with Gasteiger partial charge < -0.3 is 15.2 Å². The van der Waals surface area contributed by atoms with Crippen LogP contribution in [0.2, 0.25) is 0 Å². The third-order valence-corrected chi connectivity index (χ3v) is 2.30. The molecule has 20 heavy (non-hydrogen) atoms. The maximum Gasteiger partial charge on any atom is 0.411 e. The lowest BCUT2D eigenvalue weighted by Crippen LogP contribution is -2.24. The van der Waals surface area contributed by atoms with E-state index in [1.165, 1.54) is 6.07 Å². The van der Waals surface area contributed by atoms with Crippen LogP contribution in [-0.4, -0.2) is 37.0 Å². The Morgan fingerprint density at radius 3 is 2.65 bits per heavy atom. The van der Waals surface area contributed by atoms with Crippen LogP contribution in [0.25, 0.3) is 0 Å². The number of rotatable bonds is 7. The van der Waals surface area contributed by atoms with Crippen molar-refractivity contribution in [1.82, 2.24) is 5.32 Å². The molecule has 0 saturated carbocycles. The zero-order chi connectivity index (χ0) is 15.2. The van der Waals surface area contributed by atoms with E-state index in [4.69, 9.17) is 5.11 Å². The van der Waals surface area contributed by atoms with Gasteiger partial charge in [0.05, 0.1) is 12.2 Å². The largest absolute Gasteiger partial charge is 0.478 e. The van der Waals surface area contributed by atoms with E-state index in [2.05, 4.69) is 10.1 Å². The molecule has 0 bridgehead atoms. The van der Waals surface area contributed by atoms with E-state index < -0.39 is 24.6 Å². The highest BCUT2D eigenvalue weighted by atomic mass is 19.4. The van der Waals surface area contributed by atoms with E-state index in [-0.39, 0.29) is 30.8 Å². The Balaban J connectivity index is 2.35. The molecule has 1 aromatic rings. The number of hydrogen-bond donors (Lipinski definition) is 2. The number of alkyl halides is 3. The number of ether oxygens (including phenoxy) is 1. The van der Waals surface area contributed by atoms with Crippen LogP contribution in [0.1, 0.15) is 15.9 Å². The first kappa shape index (κ1) is 16.4.